The van der Waals surface area contributed by atoms with Crippen molar-refractivity contribution in [3.8, 4) is 0 Å². The van der Waals surface area contributed by atoms with Gasteiger partial charge < -0.3 is 74.4 Å². The first-order valence-corrected chi connectivity index (χ1v) is 0. The third kappa shape index (κ3) is 61.4. The van der Waals surface area contributed by atoms with Crippen LogP contribution in [0, 0.1) is 0 Å². The Kier molecular flexibility index (Phi) is 1250. The van der Waals surface area contributed by atoms with Crippen molar-refractivity contribution in [2.24, 2.45) is 0 Å². The van der Waals surface area contributed by atoms with Crippen LogP contribution in [0.25, 0.3) is 0 Å². The minimum absolute atomic E-state index is 0. The third-order valence-electron chi connectivity index (χ3n) is 0. The van der Waals surface area contributed by atoms with Crippen molar-refractivity contribution in [1.82, 2.24) is 0 Å². The molecule has 0 fully saturated rings. The molecule has 0 aromatic rings. The molecule has 8 heavy (non-hydrogen) atoms. The van der Waals surface area contributed by atoms with E-state index in [1.54, 1.807) is 0 Å². The molecule has 0 N–H and O–H groups in total. The van der Waals surface area contributed by atoms with Gasteiger partial charge in [0.05, 0.1) is 0 Å². The molecule has 0 aliphatic heterocycles. The number of halogens is 6. The summed E-state index contributed by atoms with van der Waals surface area (Å²) in [5.41, 5.74) is 0. The smallest absolute Gasteiger partial charge is 1.00 e. The summed E-state index contributed by atoms with van der Waals surface area (Å²) in [7, 11) is 0. The van der Waals surface area contributed by atoms with Crippen molar-refractivity contribution < 1.29 is 118 Å². The normalized spacial score (nSPS) is 0. The fourth-order valence-corrected chi connectivity index (χ4v) is 0. The Bertz CT molecular complexity index is 8.49. The standard InChI is InChI=1S/6ClH.Fe.Zr/h6*1H;;/q;;;;;;+2;+4/p-6. The van der Waals surface area contributed by atoms with Crippen molar-refractivity contribution in [2.75, 3.05) is 0 Å². The monoisotopic (exact) mass is 356 g/mol. The average Bonchev–Trinajstić information content (AvgIpc) is 0. The molecular weight excluding hydrogens is 360 g/mol. The van der Waals surface area contributed by atoms with Crippen LogP contribution in [0.3, 0.4) is 0 Å². The van der Waals surface area contributed by atoms with Crippen molar-refractivity contribution in [1.29, 1.82) is 0 Å². The Morgan fingerprint density at radius 1 is 0.375 bits per heavy atom. The third-order valence-corrected chi connectivity index (χ3v) is 0. The molecule has 0 unspecified atom stereocenters. The minimum Gasteiger partial charge on any atom is -1.00 e. The van der Waals surface area contributed by atoms with E-state index in [1.165, 1.54) is 0 Å². The minimum atomic E-state index is 0. The molecule has 0 nitrogen and oxygen atoms in total. The SMILES string of the molecule is [Cl-].[Cl-].[Cl-].[Cl-].[Cl-].[Cl-].[Fe+2].[Zr+4]. The van der Waals surface area contributed by atoms with Gasteiger partial charge >= 0.3 is 43.3 Å². The summed E-state index contributed by atoms with van der Waals surface area (Å²) in [5.74, 6) is 0. The molecule has 0 bridgehead atoms. The van der Waals surface area contributed by atoms with Gasteiger partial charge in [-0.3, -0.25) is 0 Å². The maximum atomic E-state index is 0. The van der Waals surface area contributed by atoms with E-state index >= 15 is 0 Å². The molecule has 0 rings (SSSR count). The Labute approximate surface area is 116 Å². The number of hydrogen-bond acceptors (Lipinski definition) is 0. The van der Waals surface area contributed by atoms with E-state index in [0.717, 1.165) is 0 Å². The Hall–Kier alpha value is 3.14. The van der Waals surface area contributed by atoms with Crippen molar-refractivity contribution in [3.63, 3.8) is 0 Å². The first-order valence-electron chi connectivity index (χ1n) is 0. The number of rotatable bonds is 0. The molecule has 54 valence electrons. The topological polar surface area (TPSA) is 0 Å². The predicted molar refractivity (Wildman–Crippen MR) is 0 cm³/mol. The van der Waals surface area contributed by atoms with Crippen molar-refractivity contribution in [3.05, 3.63) is 0 Å². The summed E-state index contributed by atoms with van der Waals surface area (Å²) in [6.45, 7) is 0. The van der Waals surface area contributed by atoms with Gasteiger partial charge in [0.15, 0.2) is 0 Å². The maximum Gasteiger partial charge on any atom is 4.00 e. The van der Waals surface area contributed by atoms with Crippen LogP contribution in [0.2, 0.25) is 0 Å². The predicted octanol–water partition coefficient (Wildman–Crippen LogP) is -18.0. The van der Waals surface area contributed by atoms with Gasteiger partial charge in [0, 0.05) is 0 Å². The van der Waals surface area contributed by atoms with Crippen LogP contribution in [0.1, 0.15) is 0 Å². The molecule has 0 heterocycles. The van der Waals surface area contributed by atoms with E-state index in [-0.39, 0.29) is 118 Å². The Balaban J connectivity index is 0. The second-order valence-corrected chi connectivity index (χ2v) is 0. The molecule has 8 heteroatoms. The van der Waals surface area contributed by atoms with Gasteiger partial charge in [-0.2, -0.15) is 0 Å². The van der Waals surface area contributed by atoms with Crippen LogP contribution in [-0.4, -0.2) is 0 Å². The number of hydrogen-bond donors (Lipinski definition) is 0. The van der Waals surface area contributed by atoms with Crippen molar-refractivity contribution >= 4 is 0 Å². The van der Waals surface area contributed by atoms with Gasteiger partial charge in [-0.15, -0.1) is 0 Å². The van der Waals surface area contributed by atoms with Crippen LogP contribution in [0.4, 0.5) is 0 Å². The molecule has 0 radical (unpaired) electrons. The van der Waals surface area contributed by atoms with Crippen LogP contribution in [0.5, 0.6) is 0 Å². The molecule has 0 aliphatic carbocycles. The first kappa shape index (κ1) is 116. The Morgan fingerprint density at radius 2 is 0.375 bits per heavy atom. The zero-order valence-corrected chi connectivity index (χ0v) is 11.2. The van der Waals surface area contributed by atoms with E-state index in [1.807, 2.05) is 0 Å². The van der Waals surface area contributed by atoms with E-state index < -0.39 is 0 Å². The van der Waals surface area contributed by atoms with E-state index in [9.17, 15) is 0 Å². The van der Waals surface area contributed by atoms with E-state index in [0.29, 0.717) is 0 Å². The quantitative estimate of drug-likeness (QED) is 0.377. The van der Waals surface area contributed by atoms with E-state index in [2.05, 4.69) is 0 Å². The zero-order valence-electron chi connectivity index (χ0n) is 3.12. The molecule has 0 aromatic heterocycles. The van der Waals surface area contributed by atoms with Crippen LogP contribution < -0.4 is 74.4 Å². The van der Waals surface area contributed by atoms with Gasteiger partial charge in [-0.05, 0) is 0 Å². The van der Waals surface area contributed by atoms with Gasteiger partial charge in [-0.1, -0.05) is 0 Å². The zero-order chi connectivity index (χ0) is 0. The van der Waals surface area contributed by atoms with E-state index in [4.69, 9.17) is 0 Å². The molecule has 0 aliphatic rings. The summed E-state index contributed by atoms with van der Waals surface area (Å²) in [6, 6.07) is 0. The summed E-state index contributed by atoms with van der Waals surface area (Å²) < 4.78 is 0. The second-order valence-electron chi connectivity index (χ2n) is 0. The molecule has 0 atom stereocenters. The summed E-state index contributed by atoms with van der Waals surface area (Å²) in [5, 5.41) is 0. The fraction of sp³-hybridized carbons (Fsp3) is 0. The van der Waals surface area contributed by atoms with Gasteiger partial charge in [0.1, 0.15) is 0 Å². The fourth-order valence-electron chi connectivity index (χ4n) is 0. The average molecular weight is 360 g/mol. The molecule has 0 spiro atoms. The first-order chi connectivity index (χ1) is 0. The molecule has 0 saturated carbocycles. The molecule has 0 saturated heterocycles. The largest absolute Gasteiger partial charge is 4.00 e. The summed E-state index contributed by atoms with van der Waals surface area (Å²) in [6.07, 6.45) is 0. The van der Waals surface area contributed by atoms with Gasteiger partial charge in [0.2, 0.25) is 0 Å². The molecule has 0 aromatic carbocycles. The summed E-state index contributed by atoms with van der Waals surface area (Å²) in [4.78, 5) is 0. The maximum absolute atomic E-state index is 0. The molecular formula is Cl6FeZr. The van der Waals surface area contributed by atoms with Gasteiger partial charge in [0.25, 0.3) is 0 Å². The van der Waals surface area contributed by atoms with Gasteiger partial charge in [-0.25, -0.2) is 0 Å². The van der Waals surface area contributed by atoms with Crippen LogP contribution >= 0.6 is 0 Å². The Morgan fingerprint density at radius 3 is 0.375 bits per heavy atom. The van der Waals surface area contributed by atoms with Crippen LogP contribution in [0.15, 0.2) is 0 Å². The molecule has 0 amide bonds. The summed E-state index contributed by atoms with van der Waals surface area (Å²) >= 11 is 0. The van der Waals surface area contributed by atoms with Crippen LogP contribution in [-0.2, 0) is 43.3 Å². The second kappa shape index (κ2) is 85.8. The van der Waals surface area contributed by atoms with Crippen molar-refractivity contribution in [2.45, 2.75) is 0 Å².